The molecule has 0 radical (unpaired) electrons. The summed E-state index contributed by atoms with van der Waals surface area (Å²) in [4.78, 5) is 16.4. The first-order valence-corrected chi connectivity index (χ1v) is 8.12. The molecule has 0 spiro atoms. The molecule has 0 saturated heterocycles. The van der Waals surface area contributed by atoms with Gasteiger partial charge < -0.3 is 9.73 Å². The number of oxazole rings is 1. The third-order valence-electron chi connectivity index (χ3n) is 3.55. The van der Waals surface area contributed by atoms with Crippen LogP contribution in [0.3, 0.4) is 0 Å². The van der Waals surface area contributed by atoms with Crippen molar-refractivity contribution >= 4 is 17.5 Å². The first kappa shape index (κ1) is 17.5. The summed E-state index contributed by atoms with van der Waals surface area (Å²) in [6, 6.07) is 7.49. The van der Waals surface area contributed by atoms with Crippen LogP contribution in [0, 0.1) is 6.92 Å². The standard InChI is InChI=1S/C18H23ClN2O2/c1-12-15(23-17(21-12)18(2,3)4)9-10-16(22)20-11-13-7-5-6-8-14(13)19/h5-8H,9-11H2,1-4H3,(H,20,22). The first-order valence-electron chi connectivity index (χ1n) is 7.74. The third kappa shape index (κ3) is 4.83. The molecule has 0 atom stereocenters. The Kier molecular flexibility index (Phi) is 5.47. The van der Waals surface area contributed by atoms with Crippen LogP contribution < -0.4 is 5.32 Å². The zero-order valence-corrected chi connectivity index (χ0v) is 14.8. The summed E-state index contributed by atoms with van der Waals surface area (Å²) in [5, 5.41) is 3.54. The van der Waals surface area contributed by atoms with Crippen LogP contribution in [0.5, 0.6) is 0 Å². The summed E-state index contributed by atoms with van der Waals surface area (Å²) < 4.78 is 5.80. The quantitative estimate of drug-likeness (QED) is 0.892. The highest BCUT2D eigenvalue weighted by Crippen LogP contribution is 2.24. The van der Waals surface area contributed by atoms with Crippen molar-refractivity contribution in [2.45, 2.75) is 52.5 Å². The van der Waals surface area contributed by atoms with Crippen molar-refractivity contribution in [2.24, 2.45) is 0 Å². The number of rotatable bonds is 5. The maximum Gasteiger partial charge on any atom is 0.220 e. The van der Waals surface area contributed by atoms with E-state index in [0.29, 0.717) is 30.3 Å². The van der Waals surface area contributed by atoms with Crippen LogP contribution in [0.2, 0.25) is 5.02 Å². The van der Waals surface area contributed by atoms with E-state index < -0.39 is 0 Å². The van der Waals surface area contributed by atoms with Crippen molar-refractivity contribution in [3.05, 3.63) is 52.2 Å². The number of hydrogen-bond acceptors (Lipinski definition) is 3. The minimum absolute atomic E-state index is 0.0296. The highest BCUT2D eigenvalue weighted by molar-refractivity contribution is 6.31. The molecule has 0 fully saturated rings. The van der Waals surface area contributed by atoms with E-state index in [0.717, 1.165) is 17.0 Å². The lowest BCUT2D eigenvalue weighted by molar-refractivity contribution is -0.121. The van der Waals surface area contributed by atoms with Gasteiger partial charge in [0.05, 0.1) is 5.69 Å². The Bertz CT molecular complexity index is 687. The van der Waals surface area contributed by atoms with Gasteiger partial charge in [0.25, 0.3) is 0 Å². The molecule has 0 saturated carbocycles. The Morgan fingerprint density at radius 2 is 2.00 bits per heavy atom. The van der Waals surface area contributed by atoms with E-state index in [2.05, 4.69) is 31.1 Å². The van der Waals surface area contributed by atoms with Gasteiger partial charge >= 0.3 is 0 Å². The maximum absolute atomic E-state index is 12.0. The molecule has 0 aliphatic heterocycles. The molecule has 124 valence electrons. The van der Waals surface area contributed by atoms with Crippen molar-refractivity contribution in [3.8, 4) is 0 Å². The minimum Gasteiger partial charge on any atom is -0.445 e. The lowest BCUT2D eigenvalue weighted by atomic mass is 9.97. The number of nitrogens with one attached hydrogen (secondary N) is 1. The molecule has 0 bridgehead atoms. The molecule has 1 heterocycles. The van der Waals surface area contributed by atoms with Crippen molar-refractivity contribution < 1.29 is 9.21 Å². The predicted octanol–water partition coefficient (Wildman–Crippen LogP) is 4.18. The van der Waals surface area contributed by atoms with Crippen LogP contribution in [-0.4, -0.2) is 10.9 Å². The fourth-order valence-electron chi connectivity index (χ4n) is 2.13. The van der Waals surface area contributed by atoms with Crippen LogP contribution in [-0.2, 0) is 23.2 Å². The van der Waals surface area contributed by atoms with Gasteiger partial charge in [-0.2, -0.15) is 0 Å². The molecule has 1 amide bonds. The summed E-state index contributed by atoms with van der Waals surface area (Å²) in [6.07, 6.45) is 0.910. The van der Waals surface area contributed by atoms with Crippen molar-refractivity contribution in [1.29, 1.82) is 0 Å². The van der Waals surface area contributed by atoms with Gasteiger partial charge in [0.1, 0.15) is 5.76 Å². The van der Waals surface area contributed by atoms with Gasteiger partial charge in [-0.1, -0.05) is 50.6 Å². The van der Waals surface area contributed by atoms with Gasteiger partial charge in [-0.05, 0) is 18.6 Å². The Balaban J connectivity index is 1.88. The minimum atomic E-state index is -0.130. The van der Waals surface area contributed by atoms with Crippen LogP contribution in [0.4, 0.5) is 0 Å². The summed E-state index contributed by atoms with van der Waals surface area (Å²) in [5.41, 5.74) is 1.64. The molecule has 0 unspecified atom stereocenters. The number of halogens is 1. The molecule has 1 aromatic carbocycles. The number of carbonyl (C=O) groups excluding carboxylic acids is 1. The number of aromatic nitrogens is 1. The van der Waals surface area contributed by atoms with E-state index >= 15 is 0 Å². The molecule has 23 heavy (non-hydrogen) atoms. The Morgan fingerprint density at radius 1 is 1.30 bits per heavy atom. The van der Waals surface area contributed by atoms with E-state index in [-0.39, 0.29) is 11.3 Å². The van der Waals surface area contributed by atoms with E-state index in [9.17, 15) is 4.79 Å². The molecule has 1 aromatic heterocycles. The van der Waals surface area contributed by atoms with Gasteiger partial charge in [0, 0.05) is 29.8 Å². The van der Waals surface area contributed by atoms with E-state index in [4.69, 9.17) is 16.0 Å². The monoisotopic (exact) mass is 334 g/mol. The first-order chi connectivity index (χ1) is 10.8. The van der Waals surface area contributed by atoms with Gasteiger partial charge in [-0.15, -0.1) is 0 Å². The van der Waals surface area contributed by atoms with Gasteiger partial charge in [-0.3, -0.25) is 4.79 Å². The fourth-order valence-corrected chi connectivity index (χ4v) is 2.33. The largest absolute Gasteiger partial charge is 0.445 e. The number of aryl methyl sites for hydroxylation is 2. The number of nitrogens with zero attached hydrogens (tertiary/aromatic N) is 1. The van der Waals surface area contributed by atoms with Gasteiger partial charge in [-0.25, -0.2) is 4.98 Å². The lowest BCUT2D eigenvalue weighted by Crippen LogP contribution is -2.23. The lowest BCUT2D eigenvalue weighted by Gasteiger charge is -2.12. The third-order valence-corrected chi connectivity index (χ3v) is 3.92. The van der Waals surface area contributed by atoms with Crippen LogP contribution in [0.25, 0.3) is 0 Å². The molecule has 5 heteroatoms. The van der Waals surface area contributed by atoms with E-state index in [1.165, 1.54) is 0 Å². The van der Waals surface area contributed by atoms with E-state index in [1.54, 1.807) is 0 Å². The second-order valence-corrected chi connectivity index (χ2v) is 7.05. The Labute approximate surface area is 142 Å². The number of benzene rings is 1. The molecule has 0 aliphatic rings. The number of hydrogen-bond donors (Lipinski definition) is 1. The van der Waals surface area contributed by atoms with Crippen LogP contribution >= 0.6 is 11.6 Å². The second-order valence-electron chi connectivity index (χ2n) is 6.65. The fraction of sp³-hybridized carbons (Fsp3) is 0.444. The normalized spacial score (nSPS) is 11.5. The van der Waals surface area contributed by atoms with Crippen molar-refractivity contribution in [1.82, 2.24) is 10.3 Å². The topological polar surface area (TPSA) is 55.1 Å². The van der Waals surface area contributed by atoms with Crippen molar-refractivity contribution in [2.75, 3.05) is 0 Å². The molecule has 2 rings (SSSR count). The van der Waals surface area contributed by atoms with Gasteiger partial charge in [0.15, 0.2) is 5.89 Å². The molecule has 4 nitrogen and oxygen atoms in total. The zero-order chi connectivity index (χ0) is 17.0. The zero-order valence-electron chi connectivity index (χ0n) is 14.1. The second kappa shape index (κ2) is 7.18. The average Bonchev–Trinajstić information content (AvgIpc) is 2.85. The molecule has 2 aromatic rings. The van der Waals surface area contributed by atoms with Crippen molar-refractivity contribution in [3.63, 3.8) is 0 Å². The highest BCUT2D eigenvalue weighted by atomic mass is 35.5. The average molecular weight is 335 g/mol. The Morgan fingerprint density at radius 3 is 2.61 bits per heavy atom. The van der Waals surface area contributed by atoms with Crippen LogP contribution in [0.1, 0.15) is 50.1 Å². The number of amides is 1. The smallest absolute Gasteiger partial charge is 0.220 e. The summed E-state index contributed by atoms with van der Waals surface area (Å²) in [7, 11) is 0. The highest BCUT2D eigenvalue weighted by Gasteiger charge is 2.22. The molecular formula is C18H23ClN2O2. The Hall–Kier alpha value is -1.81. The molecular weight excluding hydrogens is 312 g/mol. The summed E-state index contributed by atoms with van der Waals surface area (Å²) in [6.45, 7) is 8.51. The van der Waals surface area contributed by atoms with E-state index in [1.807, 2.05) is 31.2 Å². The summed E-state index contributed by atoms with van der Waals surface area (Å²) in [5.74, 6) is 1.46. The number of carbonyl (C=O) groups is 1. The molecule has 0 aliphatic carbocycles. The van der Waals surface area contributed by atoms with Crippen LogP contribution in [0.15, 0.2) is 28.7 Å². The van der Waals surface area contributed by atoms with Gasteiger partial charge in [0.2, 0.25) is 5.91 Å². The maximum atomic E-state index is 12.0. The summed E-state index contributed by atoms with van der Waals surface area (Å²) >= 11 is 6.07. The predicted molar refractivity (Wildman–Crippen MR) is 91.6 cm³/mol. The molecule has 1 N–H and O–H groups in total. The SMILES string of the molecule is Cc1nc(C(C)(C)C)oc1CCC(=O)NCc1ccccc1Cl.